The van der Waals surface area contributed by atoms with Crippen LogP contribution in [0.3, 0.4) is 0 Å². The monoisotopic (exact) mass is 419 g/mol. The zero-order chi connectivity index (χ0) is 22.1. The van der Waals surface area contributed by atoms with Crippen molar-refractivity contribution in [1.29, 1.82) is 0 Å². The molecule has 2 aromatic carbocycles. The molecule has 1 aromatic heterocycles. The highest BCUT2D eigenvalue weighted by Crippen LogP contribution is 2.43. The first kappa shape index (κ1) is 21.2. The Kier molecular flexibility index (Phi) is 5.90. The third kappa shape index (κ3) is 4.25. The van der Waals surface area contributed by atoms with E-state index in [1.807, 2.05) is 0 Å². The highest BCUT2D eigenvalue weighted by Gasteiger charge is 2.26. The minimum Gasteiger partial charge on any atom is -0.493 e. The Labute approximate surface area is 182 Å². The number of aromatic nitrogens is 1. The molecule has 1 aliphatic rings. The van der Waals surface area contributed by atoms with Crippen molar-refractivity contribution in [2.24, 2.45) is 5.92 Å². The van der Waals surface area contributed by atoms with E-state index >= 15 is 0 Å². The van der Waals surface area contributed by atoms with E-state index in [1.54, 1.807) is 18.2 Å². The fourth-order valence-electron chi connectivity index (χ4n) is 4.04. The molecule has 4 heteroatoms. The molecule has 0 unspecified atom stereocenters. The second-order valence-corrected chi connectivity index (χ2v) is 8.62. The maximum Gasteiger partial charge on any atom is 0.128 e. The zero-order valence-electron chi connectivity index (χ0n) is 18.4. The van der Waals surface area contributed by atoms with Gasteiger partial charge >= 0.3 is 0 Å². The number of pyridine rings is 1. The Balaban J connectivity index is 2.10. The van der Waals surface area contributed by atoms with Crippen LogP contribution in [0.1, 0.15) is 50.4 Å². The summed E-state index contributed by atoms with van der Waals surface area (Å²) in [4.78, 5) is 5.06. The molecule has 0 fully saturated rings. The van der Waals surface area contributed by atoms with Crippen LogP contribution in [0.25, 0.3) is 28.5 Å². The minimum atomic E-state index is -0.324. The van der Waals surface area contributed by atoms with Crippen LogP contribution < -0.4 is 4.74 Å². The van der Waals surface area contributed by atoms with Gasteiger partial charge in [0.05, 0.1) is 18.0 Å². The van der Waals surface area contributed by atoms with E-state index in [4.69, 9.17) is 9.72 Å². The molecule has 0 radical (unpaired) electrons. The molecule has 0 amide bonds. The predicted molar refractivity (Wildman–Crippen MR) is 122 cm³/mol. The van der Waals surface area contributed by atoms with Gasteiger partial charge in [-0.1, -0.05) is 52.0 Å². The summed E-state index contributed by atoms with van der Waals surface area (Å²) < 4.78 is 33.9. The van der Waals surface area contributed by atoms with Crippen LogP contribution in [-0.2, 0) is 6.42 Å². The molecule has 0 aliphatic carbocycles. The largest absolute Gasteiger partial charge is 0.493 e. The maximum atomic E-state index is 14.2. The Morgan fingerprint density at radius 1 is 0.968 bits per heavy atom. The molecule has 2 nitrogen and oxygen atoms in total. The molecule has 0 N–H and O–H groups in total. The number of benzene rings is 2. The quantitative estimate of drug-likeness (QED) is 0.439. The summed E-state index contributed by atoms with van der Waals surface area (Å²) in [5.41, 5.74) is 6.33. The van der Waals surface area contributed by atoms with Gasteiger partial charge in [0.2, 0.25) is 0 Å². The number of fused-ring (bicyclic) bond motifs is 3. The fraction of sp³-hybridized carbons (Fsp3) is 0.296. The SMILES string of the molecule is CC(C)/C=C/c1c(C(C)C)nc2c(c1-c1ccc(F)cc1)CCOc1ccc(F)cc1-2. The zero-order valence-corrected chi connectivity index (χ0v) is 18.4. The van der Waals surface area contributed by atoms with Crippen LogP contribution in [0.15, 0.2) is 48.5 Å². The summed E-state index contributed by atoms with van der Waals surface area (Å²) in [5, 5.41) is 0. The van der Waals surface area contributed by atoms with Crippen molar-refractivity contribution in [1.82, 2.24) is 4.98 Å². The first-order chi connectivity index (χ1) is 14.8. The van der Waals surface area contributed by atoms with E-state index < -0.39 is 0 Å². The number of rotatable bonds is 4. The molecule has 0 saturated heterocycles. The summed E-state index contributed by atoms with van der Waals surface area (Å²) >= 11 is 0. The molecule has 3 aromatic rings. The molecule has 0 spiro atoms. The van der Waals surface area contributed by atoms with Crippen molar-refractivity contribution < 1.29 is 13.5 Å². The van der Waals surface area contributed by atoms with Crippen molar-refractivity contribution in [3.05, 3.63) is 77.0 Å². The molecular weight excluding hydrogens is 392 g/mol. The van der Waals surface area contributed by atoms with E-state index in [0.717, 1.165) is 33.6 Å². The Morgan fingerprint density at radius 2 is 1.68 bits per heavy atom. The molecule has 0 bridgehead atoms. The number of ether oxygens (including phenoxy) is 1. The lowest BCUT2D eigenvalue weighted by atomic mass is 9.86. The highest BCUT2D eigenvalue weighted by atomic mass is 19.1. The Hall–Kier alpha value is -3.01. The van der Waals surface area contributed by atoms with Crippen LogP contribution in [0.2, 0.25) is 0 Å². The molecule has 0 atom stereocenters. The molecule has 2 heterocycles. The van der Waals surface area contributed by atoms with Crippen LogP contribution in [-0.4, -0.2) is 11.6 Å². The summed E-state index contributed by atoms with van der Waals surface area (Å²) in [7, 11) is 0. The van der Waals surface area contributed by atoms with Gasteiger partial charge in [-0.2, -0.15) is 0 Å². The van der Waals surface area contributed by atoms with Gasteiger partial charge in [0.1, 0.15) is 17.4 Å². The third-order valence-corrected chi connectivity index (χ3v) is 5.50. The van der Waals surface area contributed by atoms with Crippen LogP contribution >= 0.6 is 0 Å². The maximum absolute atomic E-state index is 14.2. The fourth-order valence-corrected chi connectivity index (χ4v) is 4.04. The average Bonchev–Trinajstić information content (AvgIpc) is 2.90. The number of hydrogen-bond acceptors (Lipinski definition) is 2. The van der Waals surface area contributed by atoms with Crippen LogP contribution in [0, 0.1) is 17.6 Å². The van der Waals surface area contributed by atoms with Gasteiger partial charge in [0.15, 0.2) is 0 Å². The van der Waals surface area contributed by atoms with Gasteiger partial charge < -0.3 is 4.74 Å². The summed E-state index contributed by atoms with van der Waals surface area (Å²) in [6, 6.07) is 11.1. The van der Waals surface area contributed by atoms with Gasteiger partial charge in [0.25, 0.3) is 0 Å². The van der Waals surface area contributed by atoms with Crippen molar-refractivity contribution in [2.75, 3.05) is 6.61 Å². The topological polar surface area (TPSA) is 22.1 Å². The van der Waals surface area contributed by atoms with Crippen LogP contribution in [0.4, 0.5) is 8.78 Å². The average molecular weight is 420 g/mol. The number of nitrogens with zero attached hydrogens (tertiary/aromatic N) is 1. The summed E-state index contributed by atoms with van der Waals surface area (Å²) in [6.45, 7) is 8.95. The van der Waals surface area contributed by atoms with Crippen molar-refractivity contribution in [3.8, 4) is 28.1 Å². The normalized spacial score (nSPS) is 13.3. The lowest BCUT2D eigenvalue weighted by Crippen LogP contribution is -2.08. The van der Waals surface area contributed by atoms with E-state index in [-0.39, 0.29) is 17.6 Å². The van der Waals surface area contributed by atoms with E-state index in [9.17, 15) is 8.78 Å². The van der Waals surface area contributed by atoms with Gasteiger partial charge in [0, 0.05) is 17.5 Å². The third-order valence-electron chi connectivity index (χ3n) is 5.50. The predicted octanol–water partition coefficient (Wildman–Crippen LogP) is 7.42. The second kappa shape index (κ2) is 8.62. The molecular formula is C27H27F2NO. The van der Waals surface area contributed by atoms with Crippen molar-refractivity contribution in [3.63, 3.8) is 0 Å². The van der Waals surface area contributed by atoms with E-state index in [1.165, 1.54) is 24.3 Å². The summed E-state index contributed by atoms with van der Waals surface area (Å²) in [5.74, 6) is 0.562. The van der Waals surface area contributed by atoms with Crippen molar-refractivity contribution in [2.45, 2.75) is 40.0 Å². The lowest BCUT2D eigenvalue weighted by Gasteiger charge is -2.21. The molecule has 160 valence electrons. The first-order valence-electron chi connectivity index (χ1n) is 10.8. The molecule has 0 saturated carbocycles. The Bertz CT molecular complexity index is 1130. The molecule has 1 aliphatic heterocycles. The molecule has 31 heavy (non-hydrogen) atoms. The van der Waals surface area contributed by atoms with Crippen molar-refractivity contribution >= 4 is 6.08 Å². The Morgan fingerprint density at radius 3 is 2.35 bits per heavy atom. The second-order valence-electron chi connectivity index (χ2n) is 8.62. The number of hydrogen-bond donors (Lipinski definition) is 0. The van der Waals surface area contributed by atoms with Crippen LogP contribution in [0.5, 0.6) is 5.75 Å². The number of halogens is 2. The smallest absolute Gasteiger partial charge is 0.128 e. The lowest BCUT2D eigenvalue weighted by molar-refractivity contribution is 0.326. The number of allylic oxidation sites excluding steroid dienone is 1. The standard InChI is InChI=1S/C27H27F2NO/c1-16(2)5-11-21-25(18-6-8-19(28)9-7-18)22-13-14-31-24-12-10-20(29)15-23(24)27(22)30-26(21)17(3)4/h5-12,15-17H,13-14H2,1-4H3/b11-5+. The highest BCUT2D eigenvalue weighted by molar-refractivity contribution is 5.86. The van der Waals surface area contributed by atoms with Gasteiger partial charge in [-0.15, -0.1) is 0 Å². The molecule has 4 rings (SSSR count). The van der Waals surface area contributed by atoms with Gasteiger partial charge in [-0.3, -0.25) is 4.98 Å². The minimum absolute atomic E-state index is 0.150. The van der Waals surface area contributed by atoms with Gasteiger partial charge in [-0.05, 0) is 58.9 Å². The summed E-state index contributed by atoms with van der Waals surface area (Å²) in [6.07, 6.45) is 4.92. The first-order valence-corrected chi connectivity index (χ1v) is 10.8. The van der Waals surface area contributed by atoms with E-state index in [0.29, 0.717) is 30.3 Å². The van der Waals surface area contributed by atoms with Gasteiger partial charge in [-0.25, -0.2) is 8.78 Å². The van der Waals surface area contributed by atoms with E-state index in [2.05, 4.69) is 39.8 Å².